The van der Waals surface area contributed by atoms with Crippen LogP contribution in [-0.4, -0.2) is 23.8 Å². The third kappa shape index (κ3) is 3.02. The number of piperidine rings is 1. The summed E-state index contributed by atoms with van der Waals surface area (Å²) in [5.41, 5.74) is 2.38. The third-order valence-corrected chi connectivity index (χ3v) is 6.26. The molecule has 2 aromatic carbocycles. The fourth-order valence-corrected chi connectivity index (χ4v) is 4.76. The van der Waals surface area contributed by atoms with Crippen molar-refractivity contribution < 1.29 is 9.53 Å². The highest BCUT2D eigenvalue weighted by Gasteiger charge is 2.52. The first-order valence-corrected chi connectivity index (χ1v) is 9.57. The number of rotatable bonds is 4. The van der Waals surface area contributed by atoms with E-state index in [-0.39, 0.29) is 5.54 Å². The maximum absolute atomic E-state index is 12.4. The summed E-state index contributed by atoms with van der Waals surface area (Å²) >= 11 is 3.52. The smallest absolute Gasteiger partial charge is 0.136 e. The Morgan fingerprint density at radius 2 is 1.88 bits per heavy atom. The van der Waals surface area contributed by atoms with Gasteiger partial charge in [0.15, 0.2) is 0 Å². The first-order valence-electron chi connectivity index (χ1n) is 8.78. The number of carbonyl (C=O) groups is 1. The van der Waals surface area contributed by atoms with E-state index in [1.54, 1.807) is 7.11 Å². The summed E-state index contributed by atoms with van der Waals surface area (Å²) < 4.78 is 6.34. The number of Topliss-reactive ketones (excluding diaryl/α,β-unsaturated/α-hetero) is 1. The Hall–Kier alpha value is -1.65. The first kappa shape index (κ1) is 16.8. The molecule has 2 aromatic rings. The number of carbonyl (C=O) groups excluding carboxylic acids is 1. The Labute approximate surface area is 157 Å². The molecule has 0 N–H and O–H groups in total. The van der Waals surface area contributed by atoms with Gasteiger partial charge in [0.05, 0.1) is 12.6 Å². The molecular formula is C21H22BrNO2. The molecule has 4 rings (SSSR count). The molecule has 2 unspecified atom stereocenters. The fourth-order valence-electron chi connectivity index (χ4n) is 4.50. The van der Waals surface area contributed by atoms with Crippen molar-refractivity contribution in [3.05, 3.63) is 64.1 Å². The van der Waals surface area contributed by atoms with Gasteiger partial charge < -0.3 is 4.74 Å². The zero-order chi connectivity index (χ0) is 17.4. The lowest BCUT2D eigenvalue weighted by atomic mass is 9.81. The van der Waals surface area contributed by atoms with Gasteiger partial charge in [-0.1, -0.05) is 40.2 Å². The number of fused-ring (bicyclic) bond motifs is 2. The van der Waals surface area contributed by atoms with Crippen LogP contribution in [0.1, 0.15) is 36.8 Å². The van der Waals surface area contributed by atoms with Crippen molar-refractivity contribution >= 4 is 21.7 Å². The van der Waals surface area contributed by atoms with E-state index < -0.39 is 0 Å². The van der Waals surface area contributed by atoms with Crippen molar-refractivity contribution in [3.63, 3.8) is 0 Å². The number of hydrogen-bond donors (Lipinski definition) is 0. The molecule has 2 heterocycles. The summed E-state index contributed by atoms with van der Waals surface area (Å²) in [5.74, 6) is 1.28. The SMILES string of the molecule is COc1ccc(CN2C3CCC2(c2ccc(Br)cc2)CC(=O)C3)cc1. The number of benzene rings is 2. The monoisotopic (exact) mass is 399 g/mol. The molecule has 2 saturated heterocycles. The highest BCUT2D eigenvalue weighted by Crippen LogP contribution is 2.50. The van der Waals surface area contributed by atoms with Crippen LogP contribution >= 0.6 is 15.9 Å². The maximum Gasteiger partial charge on any atom is 0.136 e. The Bertz CT molecular complexity index is 771. The zero-order valence-electron chi connectivity index (χ0n) is 14.4. The van der Waals surface area contributed by atoms with Gasteiger partial charge in [0, 0.05) is 29.9 Å². The summed E-state index contributed by atoms with van der Waals surface area (Å²) in [4.78, 5) is 15.0. The van der Waals surface area contributed by atoms with E-state index in [4.69, 9.17) is 4.74 Å². The van der Waals surface area contributed by atoms with Crippen molar-refractivity contribution in [2.45, 2.75) is 43.8 Å². The first-order chi connectivity index (χ1) is 12.1. The van der Waals surface area contributed by atoms with E-state index in [2.05, 4.69) is 57.2 Å². The number of nitrogens with zero attached hydrogens (tertiary/aromatic N) is 1. The van der Waals surface area contributed by atoms with Gasteiger partial charge >= 0.3 is 0 Å². The average Bonchev–Trinajstić information content (AvgIpc) is 2.84. The molecule has 0 spiro atoms. The minimum Gasteiger partial charge on any atom is -0.497 e. The van der Waals surface area contributed by atoms with Crippen molar-refractivity contribution in [2.24, 2.45) is 0 Å². The Morgan fingerprint density at radius 3 is 2.56 bits per heavy atom. The Morgan fingerprint density at radius 1 is 1.16 bits per heavy atom. The van der Waals surface area contributed by atoms with Gasteiger partial charge in [-0.15, -0.1) is 0 Å². The predicted molar refractivity (Wildman–Crippen MR) is 102 cm³/mol. The van der Waals surface area contributed by atoms with E-state index in [1.165, 1.54) is 11.1 Å². The molecule has 130 valence electrons. The maximum atomic E-state index is 12.4. The lowest BCUT2D eigenvalue weighted by molar-refractivity contribution is -0.127. The van der Waals surface area contributed by atoms with Crippen LogP contribution in [0.2, 0.25) is 0 Å². The molecule has 0 amide bonds. The van der Waals surface area contributed by atoms with E-state index in [0.29, 0.717) is 24.7 Å². The summed E-state index contributed by atoms with van der Waals surface area (Å²) in [5, 5.41) is 0. The van der Waals surface area contributed by atoms with E-state index >= 15 is 0 Å². The molecule has 2 aliphatic heterocycles. The van der Waals surface area contributed by atoms with Crippen LogP contribution in [0.5, 0.6) is 5.75 Å². The second-order valence-corrected chi connectivity index (χ2v) is 8.04. The number of hydrogen-bond acceptors (Lipinski definition) is 3. The molecule has 2 bridgehead atoms. The van der Waals surface area contributed by atoms with Gasteiger partial charge in [-0.2, -0.15) is 0 Å². The number of methoxy groups -OCH3 is 1. The molecule has 2 aliphatic rings. The van der Waals surface area contributed by atoms with Crippen LogP contribution in [0.3, 0.4) is 0 Å². The van der Waals surface area contributed by atoms with Crippen molar-refractivity contribution in [2.75, 3.05) is 7.11 Å². The number of halogens is 1. The molecule has 0 radical (unpaired) electrons. The summed E-state index contributed by atoms with van der Waals surface area (Å²) in [6.07, 6.45) is 3.47. The van der Waals surface area contributed by atoms with Crippen LogP contribution in [-0.2, 0) is 16.9 Å². The second-order valence-electron chi connectivity index (χ2n) is 7.13. The summed E-state index contributed by atoms with van der Waals surface area (Å²) in [6, 6.07) is 17.2. The Balaban J connectivity index is 1.68. The van der Waals surface area contributed by atoms with Crippen LogP contribution in [0.25, 0.3) is 0 Å². The third-order valence-electron chi connectivity index (χ3n) is 5.73. The molecule has 4 heteroatoms. The van der Waals surface area contributed by atoms with Crippen LogP contribution in [0.15, 0.2) is 53.0 Å². The van der Waals surface area contributed by atoms with Crippen molar-refractivity contribution in [1.82, 2.24) is 4.90 Å². The van der Waals surface area contributed by atoms with E-state index in [1.807, 2.05) is 12.1 Å². The minimum absolute atomic E-state index is 0.152. The average molecular weight is 400 g/mol. The van der Waals surface area contributed by atoms with Gasteiger partial charge in [-0.3, -0.25) is 9.69 Å². The van der Waals surface area contributed by atoms with Crippen molar-refractivity contribution in [1.29, 1.82) is 0 Å². The molecule has 3 nitrogen and oxygen atoms in total. The molecule has 0 aliphatic carbocycles. The second kappa shape index (κ2) is 6.58. The van der Waals surface area contributed by atoms with Gasteiger partial charge in [0.1, 0.15) is 11.5 Å². The minimum atomic E-state index is -0.152. The predicted octanol–water partition coefficient (Wildman–Crippen LogP) is 4.68. The largest absolute Gasteiger partial charge is 0.497 e. The normalized spacial score (nSPS) is 26.0. The van der Waals surface area contributed by atoms with E-state index in [9.17, 15) is 4.79 Å². The number of ether oxygens (including phenoxy) is 1. The van der Waals surface area contributed by atoms with Crippen LogP contribution in [0.4, 0.5) is 0 Å². The molecule has 0 aromatic heterocycles. The number of ketones is 1. The van der Waals surface area contributed by atoms with Crippen molar-refractivity contribution in [3.8, 4) is 5.75 Å². The van der Waals surface area contributed by atoms with Gasteiger partial charge in [0.25, 0.3) is 0 Å². The fraction of sp³-hybridized carbons (Fsp3) is 0.381. The topological polar surface area (TPSA) is 29.5 Å². The van der Waals surface area contributed by atoms with Crippen LogP contribution in [0, 0.1) is 0 Å². The lowest BCUT2D eigenvalue weighted by Gasteiger charge is -2.45. The molecular weight excluding hydrogens is 378 g/mol. The highest BCUT2D eigenvalue weighted by molar-refractivity contribution is 9.10. The van der Waals surface area contributed by atoms with Gasteiger partial charge in [0.2, 0.25) is 0 Å². The molecule has 2 fully saturated rings. The van der Waals surface area contributed by atoms with E-state index in [0.717, 1.165) is 29.6 Å². The highest BCUT2D eigenvalue weighted by atomic mass is 79.9. The van der Waals surface area contributed by atoms with Gasteiger partial charge in [-0.25, -0.2) is 0 Å². The van der Waals surface area contributed by atoms with Crippen LogP contribution < -0.4 is 4.74 Å². The summed E-state index contributed by atoms with van der Waals surface area (Å²) in [6.45, 7) is 0.873. The summed E-state index contributed by atoms with van der Waals surface area (Å²) in [7, 11) is 1.69. The molecule has 2 atom stereocenters. The quantitative estimate of drug-likeness (QED) is 0.747. The molecule has 0 saturated carbocycles. The lowest BCUT2D eigenvalue weighted by Crippen LogP contribution is -2.50. The zero-order valence-corrected chi connectivity index (χ0v) is 16.0. The standard InChI is InChI=1S/C21H22BrNO2/c1-25-20-8-2-15(3-9-20)14-23-18-10-11-21(23,13-19(24)12-18)16-4-6-17(22)7-5-16/h2-9,18H,10-14H2,1H3. The van der Waals surface area contributed by atoms with Gasteiger partial charge in [-0.05, 0) is 48.2 Å². The Kier molecular flexibility index (Phi) is 4.42. The molecule has 25 heavy (non-hydrogen) atoms.